The summed E-state index contributed by atoms with van der Waals surface area (Å²) in [6.07, 6.45) is -5.84. The molecule has 2 atom stereocenters. The number of hydrogen-bond acceptors (Lipinski definition) is 7. The summed E-state index contributed by atoms with van der Waals surface area (Å²) in [5.41, 5.74) is 8.15. The lowest BCUT2D eigenvalue weighted by molar-refractivity contribution is -0.274. The van der Waals surface area contributed by atoms with Crippen molar-refractivity contribution in [3.05, 3.63) is 72.3 Å². The van der Waals surface area contributed by atoms with Gasteiger partial charge in [-0.1, -0.05) is 48.5 Å². The Morgan fingerprint density at radius 3 is 2.47 bits per heavy atom. The molecular weight excluding hydrogens is 493 g/mol. The molecule has 1 amide bonds. The zero-order valence-corrected chi connectivity index (χ0v) is 20.4. The van der Waals surface area contributed by atoms with Crippen LogP contribution in [0.4, 0.5) is 18.9 Å². The minimum atomic E-state index is -4.84. The van der Waals surface area contributed by atoms with Gasteiger partial charge in [0, 0.05) is 36.0 Å². The minimum Gasteiger partial charge on any atom is -0.463 e. The first kappa shape index (κ1) is 27.2. The Kier molecular flexibility index (Phi) is 9.43. The summed E-state index contributed by atoms with van der Waals surface area (Å²) < 4.78 is 47.9. The predicted octanol–water partition coefficient (Wildman–Crippen LogP) is 4.40. The Morgan fingerprint density at radius 1 is 1.08 bits per heavy atom. The molecule has 0 aliphatic heterocycles. The molecule has 0 spiro atoms. The van der Waals surface area contributed by atoms with Crippen molar-refractivity contribution < 1.29 is 27.4 Å². The maximum Gasteiger partial charge on any atom is 0.573 e. The SMILES string of the molecule is CC(Oc1nc(-c2ccccc2)ccc1NCC(N)CS)C(=O)NCc1ccccc1OC(F)(F)F. The van der Waals surface area contributed by atoms with Crippen LogP contribution >= 0.6 is 12.6 Å². The van der Waals surface area contributed by atoms with E-state index in [-0.39, 0.29) is 29.8 Å². The summed E-state index contributed by atoms with van der Waals surface area (Å²) in [6, 6.07) is 18.4. The topological polar surface area (TPSA) is 98.5 Å². The molecule has 11 heteroatoms. The number of alkyl halides is 3. The van der Waals surface area contributed by atoms with Crippen LogP contribution in [0.15, 0.2) is 66.7 Å². The van der Waals surface area contributed by atoms with Crippen molar-refractivity contribution in [2.75, 3.05) is 17.6 Å². The Bertz CT molecular complexity index is 1150. The zero-order chi connectivity index (χ0) is 26.1. The smallest absolute Gasteiger partial charge is 0.463 e. The second-order valence-electron chi connectivity index (χ2n) is 7.87. The fraction of sp³-hybridized carbons (Fsp3) is 0.280. The van der Waals surface area contributed by atoms with E-state index in [1.807, 2.05) is 36.4 Å². The molecule has 36 heavy (non-hydrogen) atoms. The highest BCUT2D eigenvalue weighted by atomic mass is 32.1. The number of rotatable bonds is 11. The van der Waals surface area contributed by atoms with Crippen LogP contribution < -0.4 is 25.8 Å². The van der Waals surface area contributed by atoms with Gasteiger partial charge in [-0.2, -0.15) is 12.6 Å². The average Bonchev–Trinajstić information content (AvgIpc) is 2.86. The number of nitrogens with one attached hydrogen (secondary N) is 2. The molecule has 192 valence electrons. The maximum absolute atomic E-state index is 12.7. The lowest BCUT2D eigenvalue weighted by Crippen LogP contribution is -2.36. The van der Waals surface area contributed by atoms with E-state index < -0.39 is 18.4 Å². The number of hydrogen-bond donors (Lipinski definition) is 4. The normalized spacial score (nSPS) is 12.9. The van der Waals surface area contributed by atoms with Gasteiger partial charge in [0.15, 0.2) is 6.10 Å². The number of amides is 1. The fourth-order valence-corrected chi connectivity index (χ4v) is 3.29. The molecule has 0 radical (unpaired) electrons. The third kappa shape index (κ3) is 8.06. The summed E-state index contributed by atoms with van der Waals surface area (Å²) in [7, 11) is 0. The predicted molar refractivity (Wildman–Crippen MR) is 135 cm³/mol. The van der Waals surface area contributed by atoms with Crippen LogP contribution in [-0.4, -0.2) is 41.7 Å². The molecule has 0 saturated heterocycles. The second-order valence-corrected chi connectivity index (χ2v) is 8.24. The minimum absolute atomic E-state index is 0.169. The van der Waals surface area contributed by atoms with Crippen molar-refractivity contribution >= 4 is 24.2 Å². The number of thiol groups is 1. The van der Waals surface area contributed by atoms with Gasteiger partial charge in [-0.05, 0) is 25.1 Å². The number of anilines is 1. The van der Waals surface area contributed by atoms with Crippen molar-refractivity contribution in [2.45, 2.75) is 32.0 Å². The van der Waals surface area contributed by atoms with Crippen molar-refractivity contribution in [1.82, 2.24) is 10.3 Å². The van der Waals surface area contributed by atoms with E-state index in [0.29, 0.717) is 23.7 Å². The van der Waals surface area contributed by atoms with Crippen molar-refractivity contribution in [1.29, 1.82) is 0 Å². The van der Waals surface area contributed by atoms with Gasteiger partial charge in [-0.15, -0.1) is 13.2 Å². The van der Waals surface area contributed by atoms with Crippen LogP contribution in [0.2, 0.25) is 0 Å². The fourth-order valence-electron chi connectivity index (χ4n) is 3.16. The van der Waals surface area contributed by atoms with Crippen LogP contribution in [0.25, 0.3) is 11.3 Å². The number of nitrogens with zero attached hydrogens (tertiary/aromatic N) is 1. The van der Waals surface area contributed by atoms with Gasteiger partial charge in [0.05, 0.1) is 11.4 Å². The van der Waals surface area contributed by atoms with Crippen molar-refractivity contribution in [3.8, 4) is 22.9 Å². The van der Waals surface area contributed by atoms with Crippen molar-refractivity contribution in [3.63, 3.8) is 0 Å². The van der Waals surface area contributed by atoms with Gasteiger partial charge >= 0.3 is 6.36 Å². The lowest BCUT2D eigenvalue weighted by atomic mass is 10.1. The molecular formula is C25H27F3N4O3S. The maximum atomic E-state index is 12.7. The molecule has 2 aromatic carbocycles. The molecule has 7 nitrogen and oxygen atoms in total. The molecule has 3 aromatic rings. The van der Waals surface area contributed by atoms with Crippen LogP contribution in [0.3, 0.4) is 0 Å². The molecule has 0 saturated carbocycles. The van der Waals surface area contributed by atoms with E-state index in [1.54, 1.807) is 12.1 Å². The van der Waals surface area contributed by atoms with E-state index in [4.69, 9.17) is 10.5 Å². The lowest BCUT2D eigenvalue weighted by Gasteiger charge is -2.19. The molecule has 0 aliphatic carbocycles. The Hall–Kier alpha value is -3.44. The summed E-state index contributed by atoms with van der Waals surface area (Å²) in [5, 5.41) is 5.74. The van der Waals surface area contributed by atoms with Crippen LogP contribution in [0.1, 0.15) is 12.5 Å². The van der Waals surface area contributed by atoms with Gasteiger partial charge in [0.2, 0.25) is 5.88 Å². The summed E-state index contributed by atoms with van der Waals surface area (Å²) in [4.78, 5) is 17.3. The largest absolute Gasteiger partial charge is 0.573 e. The number of carbonyl (C=O) groups excluding carboxylic acids is 1. The summed E-state index contributed by atoms with van der Waals surface area (Å²) >= 11 is 4.18. The highest BCUT2D eigenvalue weighted by Gasteiger charge is 2.32. The third-order valence-electron chi connectivity index (χ3n) is 5.03. The van der Waals surface area contributed by atoms with Gasteiger partial charge in [0.25, 0.3) is 5.91 Å². The van der Waals surface area contributed by atoms with E-state index in [2.05, 4.69) is 33.0 Å². The summed E-state index contributed by atoms with van der Waals surface area (Å²) in [6.45, 7) is 1.74. The first-order valence-corrected chi connectivity index (χ1v) is 11.7. The third-order valence-corrected chi connectivity index (χ3v) is 5.50. The molecule has 0 bridgehead atoms. The highest BCUT2D eigenvalue weighted by molar-refractivity contribution is 7.80. The number of aromatic nitrogens is 1. The molecule has 1 heterocycles. The van der Waals surface area contributed by atoms with Gasteiger partial charge < -0.3 is 25.8 Å². The second kappa shape index (κ2) is 12.5. The van der Waals surface area contributed by atoms with Crippen LogP contribution in [0.5, 0.6) is 11.6 Å². The highest BCUT2D eigenvalue weighted by Crippen LogP contribution is 2.29. The van der Waals surface area contributed by atoms with Gasteiger partial charge in [0.1, 0.15) is 5.75 Å². The molecule has 0 fully saturated rings. The summed E-state index contributed by atoms with van der Waals surface area (Å²) in [5.74, 6) is -0.270. The number of pyridine rings is 1. The Labute approximate surface area is 212 Å². The number of benzene rings is 2. The standard InChI is InChI=1S/C25H27F3N4O3S/c1-16(23(33)31-13-18-9-5-6-10-22(18)35-25(26,27)28)34-24-21(30-14-19(29)15-36)12-11-20(32-24)17-7-3-2-4-8-17/h2-12,16,19,30,36H,13-15,29H2,1H3,(H,31,33). The first-order valence-electron chi connectivity index (χ1n) is 11.1. The quantitative estimate of drug-likeness (QED) is 0.280. The average molecular weight is 521 g/mol. The molecule has 1 aromatic heterocycles. The first-order chi connectivity index (χ1) is 17.2. The Balaban J connectivity index is 1.73. The monoisotopic (exact) mass is 520 g/mol. The molecule has 0 aliphatic rings. The van der Waals surface area contributed by atoms with Crippen LogP contribution in [-0.2, 0) is 11.3 Å². The van der Waals surface area contributed by atoms with Crippen LogP contribution in [0, 0.1) is 0 Å². The number of halogens is 3. The van der Waals surface area contributed by atoms with E-state index in [9.17, 15) is 18.0 Å². The number of carbonyl (C=O) groups is 1. The van der Waals surface area contributed by atoms with E-state index in [0.717, 1.165) is 5.56 Å². The zero-order valence-electron chi connectivity index (χ0n) is 19.5. The van der Waals surface area contributed by atoms with Gasteiger partial charge in [-0.25, -0.2) is 4.98 Å². The van der Waals surface area contributed by atoms with Crippen molar-refractivity contribution in [2.24, 2.45) is 5.73 Å². The number of ether oxygens (including phenoxy) is 2. The Morgan fingerprint density at radius 2 is 1.78 bits per heavy atom. The number of para-hydroxylation sites is 1. The number of nitrogens with two attached hydrogens (primary N) is 1. The molecule has 3 rings (SSSR count). The van der Waals surface area contributed by atoms with E-state index >= 15 is 0 Å². The van der Waals surface area contributed by atoms with E-state index in [1.165, 1.54) is 25.1 Å². The molecule has 4 N–H and O–H groups in total. The molecule has 2 unspecified atom stereocenters. The van der Waals surface area contributed by atoms with Gasteiger partial charge in [-0.3, -0.25) is 4.79 Å².